The van der Waals surface area contributed by atoms with Crippen LogP contribution in [0.3, 0.4) is 0 Å². The van der Waals surface area contributed by atoms with Gasteiger partial charge >= 0.3 is 0 Å². The number of aromatic nitrogens is 3. The molecule has 0 spiro atoms. The molecule has 0 fully saturated rings. The van der Waals surface area contributed by atoms with Gasteiger partial charge in [0.05, 0.1) is 4.88 Å². The number of hydrogen-bond donors (Lipinski definition) is 0. The van der Waals surface area contributed by atoms with Gasteiger partial charge in [0, 0.05) is 12.2 Å². The van der Waals surface area contributed by atoms with Crippen LogP contribution in [0.15, 0.2) is 55.8 Å². The largest absolute Gasteiger partial charge is 0.441 e. The summed E-state index contributed by atoms with van der Waals surface area (Å²) in [6.45, 7) is 0. The number of aryl methyl sites for hydroxylation is 1. The van der Waals surface area contributed by atoms with Gasteiger partial charge in [0.15, 0.2) is 11.5 Å². The van der Waals surface area contributed by atoms with Crippen molar-refractivity contribution in [3.05, 3.63) is 47.7 Å². The third-order valence-corrected chi connectivity index (χ3v) is 5.00. The van der Waals surface area contributed by atoms with Crippen molar-refractivity contribution in [2.24, 2.45) is 0 Å². The Hall–Kier alpha value is -2.12. The lowest BCUT2D eigenvalue weighted by atomic mass is 10.3. The molecule has 1 aromatic carbocycles. The second-order valence-electron chi connectivity index (χ2n) is 4.88. The number of thiophene rings is 1. The normalized spacial score (nSPS) is 11.3. The fourth-order valence-electron chi connectivity index (χ4n) is 2.18. The molecule has 0 aliphatic carbocycles. The number of para-hydroxylation sites is 2. The smallest absolute Gasteiger partial charge is 0.276 e. The third kappa shape index (κ3) is 3.30. The number of nitrogens with zero attached hydrogens (tertiary/aromatic N) is 3. The van der Waals surface area contributed by atoms with Gasteiger partial charge in [-0.1, -0.05) is 30.0 Å². The third-order valence-electron chi connectivity index (χ3n) is 3.24. The Kier molecular flexibility index (Phi) is 4.12. The van der Waals surface area contributed by atoms with E-state index in [4.69, 9.17) is 8.83 Å². The predicted octanol–water partition coefficient (Wildman–Crippen LogP) is 4.66. The summed E-state index contributed by atoms with van der Waals surface area (Å²) in [6, 6.07) is 11.8. The van der Waals surface area contributed by atoms with Gasteiger partial charge in [0.1, 0.15) is 5.52 Å². The standard InChI is InChI=1S/C16H13N3O2S2/c1-2-6-12-11(5-1)17-14(20-12)8-4-10-23-16-19-18-15(21-16)13-7-3-9-22-13/h1-3,5-7,9H,4,8,10H2. The van der Waals surface area contributed by atoms with Crippen molar-refractivity contribution in [2.45, 2.75) is 18.1 Å². The van der Waals surface area contributed by atoms with E-state index < -0.39 is 0 Å². The molecule has 116 valence electrons. The molecule has 0 bridgehead atoms. The second kappa shape index (κ2) is 6.55. The zero-order chi connectivity index (χ0) is 15.5. The molecule has 0 amide bonds. The summed E-state index contributed by atoms with van der Waals surface area (Å²) in [5, 5.41) is 10.7. The number of rotatable bonds is 6. The van der Waals surface area contributed by atoms with E-state index in [1.54, 1.807) is 23.1 Å². The van der Waals surface area contributed by atoms with E-state index in [9.17, 15) is 0 Å². The van der Waals surface area contributed by atoms with Crippen LogP contribution in [0.25, 0.3) is 21.9 Å². The lowest BCUT2D eigenvalue weighted by Gasteiger charge is -1.94. The molecule has 5 nitrogen and oxygen atoms in total. The summed E-state index contributed by atoms with van der Waals surface area (Å²) in [5.41, 5.74) is 1.75. The Bertz CT molecular complexity index is 866. The van der Waals surface area contributed by atoms with E-state index in [0.717, 1.165) is 40.5 Å². The Labute approximate surface area is 140 Å². The highest BCUT2D eigenvalue weighted by Gasteiger charge is 2.10. The average molecular weight is 343 g/mol. The summed E-state index contributed by atoms with van der Waals surface area (Å²) >= 11 is 3.15. The summed E-state index contributed by atoms with van der Waals surface area (Å²) in [5.74, 6) is 2.24. The van der Waals surface area contributed by atoms with Crippen LogP contribution in [0.1, 0.15) is 12.3 Å². The Balaban J connectivity index is 1.30. The van der Waals surface area contributed by atoms with Crippen LogP contribution in [0.5, 0.6) is 0 Å². The maximum absolute atomic E-state index is 5.70. The predicted molar refractivity (Wildman–Crippen MR) is 90.7 cm³/mol. The molecule has 0 saturated heterocycles. The number of thioether (sulfide) groups is 1. The van der Waals surface area contributed by atoms with Crippen LogP contribution >= 0.6 is 23.1 Å². The lowest BCUT2D eigenvalue weighted by Crippen LogP contribution is -1.87. The highest BCUT2D eigenvalue weighted by atomic mass is 32.2. The van der Waals surface area contributed by atoms with Crippen molar-refractivity contribution >= 4 is 34.2 Å². The van der Waals surface area contributed by atoms with Crippen LogP contribution in [-0.2, 0) is 6.42 Å². The summed E-state index contributed by atoms with van der Waals surface area (Å²) in [4.78, 5) is 5.47. The first-order valence-electron chi connectivity index (χ1n) is 7.23. The molecule has 4 aromatic rings. The molecule has 23 heavy (non-hydrogen) atoms. The van der Waals surface area contributed by atoms with E-state index in [1.807, 2.05) is 41.8 Å². The molecule has 4 rings (SSSR count). The van der Waals surface area contributed by atoms with Gasteiger partial charge in [-0.15, -0.1) is 21.5 Å². The second-order valence-corrected chi connectivity index (χ2v) is 6.87. The van der Waals surface area contributed by atoms with Crippen molar-refractivity contribution in [1.82, 2.24) is 15.2 Å². The first-order chi connectivity index (χ1) is 11.4. The van der Waals surface area contributed by atoms with E-state index in [0.29, 0.717) is 11.1 Å². The fourth-order valence-corrected chi connectivity index (χ4v) is 3.52. The zero-order valence-corrected chi connectivity index (χ0v) is 13.8. The number of hydrogen-bond acceptors (Lipinski definition) is 7. The van der Waals surface area contributed by atoms with Crippen LogP contribution in [0.2, 0.25) is 0 Å². The summed E-state index contributed by atoms with van der Waals surface area (Å²) in [6.07, 6.45) is 1.74. The van der Waals surface area contributed by atoms with E-state index in [-0.39, 0.29) is 0 Å². The van der Waals surface area contributed by atoms with Gasteiger partial charge in [-0.05, 0) is 30.0 Å². The van der Waals surface area contributed by atoms with Gasteiger partial charge in [-0.25, -0.2) is 4.98 Å². The molecule has 0 saturated carbocycles. The van der Waals surface area contributed by atoms with Gasteiger partial charge < -0.3 is 8.83 Å². The van der Waals surface area contributed by atoms with Gasteiger partial charge in [-0.3, -0.25) is 0 Å². The molecule has 0 unspecified atom stereocenters. The van der Waals surface area contributed by atoms with Crippen molar-refractivity contribution in [3.8, 4) is 10.8 Å². The lowest BCUT2D eigenvalue weighted by molar-refractivity contribution is 0.466. The van der Waals surface area contributed by atoms with Crippen molar-refractivity contribution in [2.75, 3.05) is 5.75 Å². The molecular weight excluding hydrogens is 330 g/mol. The highest BCUT2D eigenvalue weighted by Crippen LogP contribution is 2.27. The van der Waals surface area contributed by atoms with Crippen molar-refractivity contribution in [3.63, 3.8) is 0 Å². The monoisotopic (exact) mass is 343 g/mol. The SMILES string of the molecule is c1csc(-c2nnc(SCCCc3nc4ccccc4o3)o2)c1. The molecular formula is C16H13N3O2S2. The maximum atomic E-state index is 5.70. The Morgan fingerprint density at radius 3 is 2.87 bits per heavy atom. The fraction of sp³-hybridized carbons (Fsp3) is 0.188. The topological polar surface area (TPSA) is 65.0 Å². The number of fused-ring (bicyclic) bond motifs is 1. The number of benzene rings is 1. The highest BCUT2D eigenvalue weighted by molar-refractivity contribution is 7.99. The molecule has 3 heterocycles. The Morgan fingerprint density at radius 2 is 2.00 bits per heavy atom. The van der Waals surface area contributed by atoms with Crippen molar-refractivity contribution in [1.29, 1.82) is 0 Å². The zero-order valence-electron chi connectivity index (χ0n) is 12.1. The minimum atomic E-state index is 0.585. The number of oxazole rings is 1. The average Bonchev–Trinajstić information content (AvgIpc) is 3.30. The van der Waals surface area contributed by atoms with Crippen LogP contribution < -0.4 is 0 Å². The van der Waals surface area contributed by atoms with Crippen LogP contribution in [0, 0.1) is 0 Å². The molecule has 7 heteroatoms. The molecule has 0 aliphatic rings. The van der Waals surface area contributed by atoms with Crippen LogP contribution in [-0.4, -0.2) is 20.9 Å². The quantitative estimate of drug-likeness (QED) is 0.374. The summed E-state index contributed by atoms with van der Waals surface area (Å²) < 4.78 is 11.3. The van der Waals surface area contributed by atoms with Gasteiger partial charge in [0.25, 0.3) is 11.1 Å². The molecule has 0 atom stereocenters. The Morgan fingerprint density at radius 1 is 1.04 bits per heavy atom. The maximum Gasteiger partial charge on any atom is 0.276 e. The first kappa shape index (κ1) is 14.5. The van der Waals surface area contributed by atoms with Crippen LogP contribution in [0.4, 0.5) is 0 Å². The molecule has 0 radical (unpaired) electrons. The minimum absolute atomic E-state index is 0.585. The molecule has 0 N–H and O–H groups in total. The van der Waals surface area contributed by atoms with E-state index in [1.165, 1.54) is 0 Å². The van der Waals surface area contributed by atoms with Gasteiger partial charge in [-0.2, -0.15) is 0 Å². The molecule has 0 aliphatic heterocycles. The minimum Gasteiger partial charge on any atom is -0.441 e. The first-order valence-corrected chi connectivity index (χ1v) is 9.10. The van der Waals surface area contributed by atoms with E-state index in [2.05, 4.69) is 15.2 Å². The van der Waals surface area contributed by atoms with Gasteiger partial charge in [0.2, 0.25) is 0 Å². The van der Waals surface area contributed by atoms with Crippen molar-refractivity contribution < 1.29 is 8.83 Å². The molecule has 3 aromatic heterocycles. The summed E-state index contributed by atoms with van der Waals surface area (Å²) in [7, 11) is 0. The van der Waals surface area contributed by atoms with E-state index >= 15 is 0 Å².